The van der Waals surface area contributed by atoms with Gasteiger partial charge in [0, 0.05) is 5.69 Å². The van der Waals surface area contributed by atoms with Crippen molar-refractivity contribution in [1.82, 2.24) is 4.98 Å². The number of nitrogens with zero attached hydrogens (tertiary/aromatic N) is 2. The zero-order chi connectivity index (χ0) is 24.0. The van der Waals surface area contributed by atoms with Crippen molar-refractivity contribution in [2.75, 3.05) is 26.2 Å². The van der Waals surface area contributed by atoms with Gasteiger partial charge in [0.05, 0.1) is 38.3 Å². The molecular formula is C26H22N2O6. The topological polar surface area (TPSA) is 91.1 Å². The Labute approximate surface area is 195 Å². The van der Waals surface area contributed by atoms with Crippen LogP contribution >= 0.6 is 0 Å². The van der Waals surface area contributed by atoms with Crippen LogP contribution in [0, 0.1) is 6.92 Å². The van der Waals surface area contributed by atoms with Crippen LogP contribution in [0.2, 0.25) is 0 Å². The average Bonchev–Trinajstić information content (AvgIpc) is 3.15. The molecule has 1 unspecified atom stereocenters. The maximum Gasteiger partial charge on any atom is 0.296 e. The summed E-state index contributed by atoms with van der Waals surface area (Å²) in [7, 11) is 4.53. The number of benzene rings is 2. The summed E-state index contributed by atoms with van der Waals surface area (Å²) in [5.74, 6) is 1.16. The van der Waals surface area contributed by atoms with Gasteiger partial charge in [-0.3, -0.25) is 14.5 Å². The van der Waals surface area contributed by atoms with E-state index in [1.807, 2.05) is 19.1 Å². The Kier molecular flexibility index (Phi) is 5.20. The molecule has 1 aliphatic heterocycles. The standard InChI is InChI=1S/C26H22N2O6/c1-14-8-7-11-20(27-14)28-22(15-12-18(31-2)24(33-4)19(13-15)32-3)21-23(29)16-9-5-6-10-17(16)34-25(21)26(28)30/h5-13,22H,1-4H3. The molecule has 2 aromatic heterocycles. The number of hydrogen-bond acceptors (Lipinski definition) is 7. The average molecular weight is 458 g/mol. The van der Waals surface area contributed by atoms with Gasteiger partial charge in [0.25, 0.3) is 5.91 Å². The Bertz CT molecular complexity index is 1470. The lowest BCUT2D eigenvalue weighted by Crippen LogP contribution is -2.30. The fourth-order valence-corrected chi connectivity index (χ4v) is 4.39. The zero-order valence-corrected chi connectivity index (χ0v) is 19.1. The number of methoxy groups -OCH3 is 3. The van der Waals surface area contributed by atoms with Crippen LogP contribution in [0.5, 0.6) is 17.2 Å². The first-order valence-electron chi connectivity index (χ1n) is 10.6. The van der Waals surface area contributed by atoms with E-state index in [4.69, 9.17) is 18.6 Å². The first-order valence-corrected chi connectivity index (χ1v) is 10.6. The Morgan fingerprint density at radius 2 is 1.62 bits per heavy atom. The number of fused-ring (bicyclic) bond motifs is 2. The fraction of sp³-hybridized carbons (Fsp3) is 0.192. The van der Waals surface area contributed by atoms with E-state index >= 15 is 0 Å². The summed E-state index contributed by atoms with van der Waals surface area (Å²) in [6.45, 7) is 1.84. The van der Waals surface area contributed by atoms with Crippen molar-refractivity contribution < 1.29 is 23.4 Å². The minimum atomic E-state index is -0.814. The molecule has 0 N–H and O–H groups in total. The highest BCUT2D eigenvalue weighted by molar-refractivity contribution is 6.10. The van der Waals surface area contributed by atoms with Crippen molar-refractivity contribution in [2.45, 2.75) is 13.0 Å². The van der Waals surface area contributed by atoms with Crippen LogP contribution in [-0.4, -0.2) is 32.2 Å². The van der Waals surface area contributed by atoms with Gasteiger partial charge in [-0.25, -0.2) is 4.98 Å². The number of hydrogen-bond donors (Lipinski definition) is 0. The first-order chi connectivity index (χ1) is 16.5. The largest absolute Gasteiger partial charge is 0.493 e. The molecule has 0 aliphatic carbocycles. The van der Waals surface area contributed by atoms with Gasteiger partial charge in [-0.15, -0.1) is 0 Å². The lowest BCUT2D eigenvalue weighted by molar-refractivity contribution is 0.0970. The van der Waals surface area contributed by atoms with Crippen LogP contribution in [0.3, 0.4) is 0 Å². The number of ether oxygens (including phenoxy) is 3. The number of carbonyl (C=O) groups is 1. The Balaban J connectivity index is 1.84. The van der Waals surface area contributed by atoms with Gasteiger partial charge >= 0.3 is 0 Å². The van der Waals surface area contributed by atoms with Crippen molar-refractivity contribution in [3.63, 3.8) is 0 Å². The van der Waals surface area contributed by atoms with Crippen LogP contribution in [-0.2, 0) is 0 Å². The second-order valence-corrected chi connectivity index (χ2v) is 7.84. The molecular weight excluding hydrogens is 436 g/mol. The summed E-state index contributed by atoms with van der Waals surface area (Å²) in [5.41, 5.74) is 1.63. The fourth-order valence-electron chi connectivity index (χ4n) is 4.39. The quantitative estimate of drug-likeness (QED) is 0.441. The van der Waals surface area contributed by atoms with Crippen LogP contribution < -0.4 is 24.5 Å². The Morgan fingerprint density at radius 3 is 2.26 bits per heavy atom. The minimum absolute atomic E-state index is 0.00856. The second-order valence-electron chi connectivity index (χ2n) is 7.84. The smallest absolute Gasteiger partial charge is 0.296 e. The maximum atomic E-state index is 13.7. The van der Waals surface area contributed by atoms with E-state index in [0.29, 0.717) is 39.6 Å². The highest BCUT2D eigenvalue weighted by Crippen LogP contribution is 2.46. The molecule has 3 heterocycles. The van der Waals surface area contributed by atoms with Gasteiger partial charge < -0.3 is 18.6 Å². The van der Waals surface area contributed by atoms with E-state index < -0.39 is 11.9 Å². The number of carbonyl (C=O) groups excluding carboxylic acids is 1. The number of amides is 1. The summed E-state index contributed by atoms with van der Waals surface area (Å²) in [6, 6.07) is 14.9. The normalized spacial score (nSPS) is 14.9. The van der Waals surface area contributed by atoms with Gasteiger partial charge in [-0.1, -0.05) is 18.2 Å². The molecule has 0 saturated heterocycles. The molecule has 1 atom stereocenters. The van der Waals surface area contributed by atoms with E-state index in [1.165, 1.54) is 26.2 Å². The van der Waals surface area contributed by atoms with E-state index in [9.17, 15) is 9.59 Å². The van der Waals surface area contributed by atoms with Gasteiger partial charge in [0.15, 0.2) is 16.9 Å². The SMILES string of the molecule is COc1cc(C2c3c(oc4ccccc4c3=O)C(=O)N2c2cccc(C)n2)cc(OC)c1OC. The first kappa shape index (κ1) is 21.5. The number of anilines is 1. The minimum Gasteiger partial charge on any atom is -0.493 e. The van der Waals surface area contributed by atoms with Gasteiger partial charge in [0.2, 0.25) is 11.5 Å². The van der Waals surface area contributed by atoms with Crippen molar-refractivity contribution in [3.05, 3.63) is 87.4 Å². The Morgan fingerprint density at radius 1 is 0.912 bits per heavy atom. The molecule has 172 valence electrons. The molecule has 5 rings (SSSR count). The van der Waals surface area contributed by atoms with Crippen LogP contribution in [0.4, 0.5) is 5.82 Å². The van der Waals surface area contributed by atoms with Crippen molar-refractivity contribution >= 4 is 22.7 Å². The molecule has 0 spiro atoms. The third kappa shape index (κ3) is 3.18. The van der Waals surface area contributed by atoms with E-state index in [-0.39, 0.29) is 16.8 Å². The lowest BCUT2D eigenvalue weighted by atomic mass is 9.97. The molecule has 8 heteroatoms. The summed E-state index contributed by atoms with van der Waals surface area (Å²) < 4.78 is 22.5. The van der Waals surface area contributed by atoms with Crippen LogP contribution in [0.15, 0.2) is 63.8 Å². The third-order valence-electron chi connectivity index (χ3n) is 5.90. The predicted molar refractivity (Wildman–Crippen MR) is 126 cm³/mol. The number of aryl methyl sites for hydroxylation is 1. The molecule has 0 bridgehead atoms. The molecule has 0 saturated carbocycles. The van der Waals surface area contributed by atoms with Crippen LogP contribution in [0.1, 0.15) is 33.4 Å². The molecule has 1 amide bonds. The molecule has 8 nitrogen and oxygen atoms in total. The summed E-state index contributed by atoms with van der Waals surface area (Å²) in [6.07, 6.45) is 0. The molecule has 1 aliphatic rings. The lowest BCUT2D eigenvalue weighted by Gasteiger charge is -2.25. The number of rotatable bonds is 5. The van der Waals surface area contributed by atoms with Crippen molar-refractivity contribution in [3.8, 4) is 17.2 Å². The van der Waals surface area contributed by atoms with Crippen molar-refractivity contribution in [2.24, 2.45) is 0 Å². The number of aromatic nitrogens is 1. The van der Waals surface area contributed by atoms with E-state index in [2.05, 4.69) is 4.98 Å². The van der Waals surface area contributed by atoms with Gasteiger partial charge in [-0.2, -0.15) is 0 Å². The zero-order valence-electron chi connectivity index (χ0n) is 19.1. The maximum absolute atomic E-state index is 13.7. The molecule has 2 aromatic carbocycles. The van der Waals surface area contributed by atoms with Crippen LogP contribution in [0.25, 0.3) is 11.0 Å². The second kappa shape index (κ2) is 8.22. The summed E-state index contributed by atoms with van der Waals surface area (Å²) in [4.78, 5) is 33.4. The molecule has 4 aromatic rings. The van der Waals surface area contributed by atoms with Crippen molar-refractivity contribution in [1.29, 1.82) is 0 Å². The number of para-hydroxylation sites is 1. The third-order valence-corrected chi connectivity index (χ3v) is 5.90. The highest BCUT2D eigenvalue weighted by atomic mass is 16.5. The monoisotopic (exact) mass is 458 g/mol. The van der Waals surface area contributed by atoms with Gasteiger partial charge in [0.1, 0.15) is 11.4 Å². The Hall–Kier alpha value is -4.33. The molecule has 34 heavy (non-hydrogen) atoms. The van der Waals surface area contributed by atoms with E-state index in [0.717, 1.165) is 5.69 Å². The molecule has 0 radical (unpaired) electrons. The summed E-state index contributed by atoms with van der Waals surface area (Å²) in [5, 5.41) is 0.394. The summed E-state index contributed by atoms with van der Waals surface area (Å²) >= 11 is 0. The van der Waals surface area contributed by atoms with Gasteiger partial charge in [-0.05, 0) is 48.9 Å². The number of pyridine rings is 1. The predicted octanol–water partition coefficient (Wildman–Crippen LogP) is 4.27. The molecule has 0 fully saturated rings. The van der Waals surface area contributed by atoms with E-state index in [1.54, 1.807) is 42.5 Å². The highest BCUT2D eigenvalue weighted by Gasteiger charge is 2.44.